The first-order chi connectivity index (χ1) is 6.88. The summed E-state index contributed by atoms with van der Waals surface area (Å²) >= 11 is 4.36. The quantitative estimate of drug-likeness (QED) is 0.858. The van der Waals surface area contributed by atoms with Gasteiger partial charge < -0.3 is 0 Å². The Balaban J connectivity index is 3.01. The summed E-state index contributed by atoms with van der Waals surface area (Å²) in [4.78, 5) is 12.0. The number of sulfonamides is 1. The minimum Gasteiger partial charge on any atom is -0.267 e. The fraction of sp³-hybridized carbons (Fsp3) is 0.125. The topological polar surface area (TPSA) is 54.5 Å². The molecule has 0 bridgehead atoms. The summed E-state index contributed by atoms with van der Waals surface area (Å²) in [6.07, 6.45) is 0. The molecule has 1 heterocycles. The van der Waals surface area contributed by atoms with E-state index in [1.807, 2.05) is 0 Å². The van der Waals surface area contributed by atoms with Crippen LogP contribution in [0.4, 0.5) is 0 Å². The first kappa shape index (κ1) is 12.4. The molecule has 0 spiro atoms. The Hall–Kier alpha value is -0.660. The number of amides is 1. The van der Waals surface area contributed by atoms with Gasteiger partial charge in [0, 0.05) is 22.3 Å². The first-order valence-corrected chi connectivity index (χ1v) is 6.96. The van der Waals surface area contributed by atoms with Crippen LogP contribution >= 0.6 is 27.3 Å². The van der Waals surface area contributed by atoms with E-state index in [4.69, 9.17) is 0 Å². The Kier molecular flexibility index (Phi) is 3.69. The highest BCUT2D eigenvalue weighted by atomic mass is 79.9. The Bertz CT molecular complexity index is 492. The third-order valence-electron chi connectivity index (χ3n) is 1.66. The van der Waals surface area contributed by atoms with Crippen molar-refractivity contribution in [1.82, 2.24) is 4.31 Å². The lowest BCUT2D eigenvalue weighted by atomic mass is 10.4. The Morgan fingerprint density at radius 1 is 1.67 bits per heavy atom. The van der Waals surface area contributed by atoms with E-state index >= 15 is 0 Å². The van der Waals surface area contributed by atoms with Gasteiger partial charge in [-0.2, -0.15) is 0 Å². The maximum absolute atomic E-state index is 11.7. The van der Waals surface area contributed by atoms with Crippen molar-refractivity contribution in [3.63, 3.8) is 0 Å². The van der Waals surface area contributed by atoms with Crippen molar-refractivity contribution in [1.29, 1.82) is 0 Å². The number of rotatable bonds is 3. The molecule has 0 N–H and O–H groups in total. The van der Waals surface area contributed by atoms with Crippen LogP contribution in [0, 0.1) is 0 Å². The number of carbonyl (C=O) groups is 1. The van der Waals surface area contributed by atoms with Gasteiger partial charge in [0.05, 0.1) is 4.88 Å². The van der Waals surface area contributed by atoms with Crippen LogP contribution in [-0.2, 0) is 10.0 Å². The van der Waals surface area contributed by atoms with E-state index in [0.717, 1.165) is 9.88 Å². The monoisotopic (exact) mass is 309 g/mol. The number of carbonyl (C=O) groups excluding carboxylic acids is 1. The van der Waals surface area contributed by atoms with Crippen molar-refractivity contribution in [3.8, 4) is 0 Å². The minimum absolute atomic E-state index is 0.356. The van der Waals surface area contributed by atoms with E-state index in [1.165, 1.54) is 18.4 Å². The predicted octanol–water partition coefficient (Wildman–Crippen LogP) is 2.06. The maximum atomic E-state index is 11.7. The fourth-order valence-electron chi connectivity index (χ4n) is 0.808. The highest BCUT2D eigenvalue weighted by molar-refractivity contribution is 9.10. The summed E-state index contributed by atoms with van der Waals surface area (Å²) in [5.74, 6) is -0.564. The van der Waals surface area contributed by atoms with Gasteiger partial charge in [-0.1, -0.05) is 6.58 Å². The molecule has 0 atom stereocenters. The molecule has 0 radical (unpaired) electrons. The SMILES string of the molecule is C=CS(=O)(=O)N(C)C(=O)c1cc(Br)cs1. The van der Waals surface area contributed by atoms with Gasteiger partial charge in [-0.05, 0) is 22.0 Å². The Labute approximate surface area is 100 Å². The molecule has 1 aromatic heterocycles. The molecule has 0 saturated heterocycles. The number of hydrogen-bond donors (Lipinski definition) is 0. The van der Waals surface area contributed by atoms with Gasteiger partial charge in [0.2, 0.25) is 0 Å². The number of thiophene rings is 1. The van der Waals surface area contributed by atoms with Gasteiger partial charge in [0.25, 0.3) is 15.9 Å². The van der Waals surface area contributed by atoms with Gasteiger partial charge in [0.15, 0.2) is 0 Å². The molecule has 0 aromatic carbocycles. The second-order valence-electron chi connectivity index (χ2n) is 2.61. The second-order valence-corrected chi connectivity index (χ2v) is 6.35. The molecule has 1 rings (SSSR count). The molecule has 15 heavy (non-hydrogen) atoms. The number of halogens is 1. The molecule has 0 unspecified atom stereocenters. The molecule has 1 amide bonds. The van der Waals surface area contributed by atoms with E-state index in [2.05, 4.69) is 22.5 Å². The van der Waals surface area contributed by atoms with Gasteiger partial charge in [-0.15, -0.1) is 11.3 Å². The van der Waals surface area contributed by atoms with Crippen molar-refractivity contribution in [2.45, 2.75) is 0 Å². The molecule has 7 heteroatoms. The highest BCUT2D eigenvalue weighted by Crippen LogP contribution is 2.21. The van der Waals surface area contributed by atoms with Crippen LogP contribution < -0.4 is 0 Å². The van der Waals surface area contributed by atoms with Crippen LogP contribution in [0.25, 0.3) is 0 Å². The predicted molar refractivity (Wildman–Crippen MR) is 63.2 cm³/mol. The molecule has 0 fully saturated rings. The largest absolute Gasteiger partial charge is 0.277 e. The fourth-order valence-corrected chi connectivity index (χ4v) is 2.82. The van der Waals surface area contributed by atoms with E-state index in [-0.39, 0.29) is 0 Å². The number of hydrogen-bond acceptors (Lipinski definition) is 4. The van der Waals surface area contributed by atoms with Gasteiger partial charge in [0.1, 0.15) is 0 Å². The van der Waals surface area contributed by atoms with Crippen molar-refractivity contribution >= 4 is 43.2 Å². The van der Waals surface area contributed by atoms with Crippen molar-refractivity contribution in [2.24, 2.45) is 0 Å². The summed E-state index contributed by atoms with van der Waals surface area (Å²) in [6.45, 7) is 3.15. The molecule has 82 valence electrons. The third-order valence-corrected chi connectivity index (χ3v) is 4.69. The smallest absolute Gasteiger partial charge is 0.267 e. The average molecular weight is 310 g/mol. The van der Waals surface area contributed by atoms with E-state index in [1.54, 1.807) is 11.4 Å². The van der Waals surface area contributed by atoms with E-state index in [9.17, 15) is 13.2 Å². The molecule has 4 nitrogen and oxygen atoms in total. The normalized spacial score (nSPS) is 11.1. The Morgan fingerprint density at radius 3 is 2.67 bits per heavy atom. The summed E-state index contributed by atoms with van der Waals surface area (Å²) in [6, 6.07) is 1.57. The van der Waals surface area contributed by atoms with Gasteiger partial charge in [-0.25, -0.2) is 12.7 Å². The average Bonchev–Trinajstić information content (AvgIpc) is 2.62. The van der Waals surface area contributed by atoms with Crippen LogP contribution in [-0.4, -0.2) is 25.7 Å². The molecule has 0 aliphatic rings. The van der Waals surface area contributed by atoms with Crippen LogP contribution in [0.3, 0.4) is 0 Å². The minimum atomic E-state index is -3.70. The summed E-state index contributed by atoms with van der Waals surface area (Å²) in [5.41, 5.74) is 0. The number of nitrogens with zero attached hydrogens (tertiary/aromatic N) is 1. The van der Waals surface area contributed by atoms with Gasteiger partial charge in [-0.3, -0.25) is 4.79 Å². The maximum Gasteiger partial charge on any atom is 0.277 e. The van der Waals surface area contributed by atoms with Crippen LogP contribution in [0.15, 0.2) is 27.9 Å². The summed E-state index contributed by atoms with van der Waals surface area (Å²) in [7, 11) is -2.50. The summed E-state index contributed by atoms with van der Waals surface area (Å²) < 4.78 is 24.0. The van der Waals surface area contributed by atoms with Gasteiger partial charge >= 0.3 is 0 Å². The van der Waals surface area contributed by atoms with E-state index < -0.39 is 15.9 Å². The lowest BCUT2D eigenvalue weighted by Gasteiger charge is -2.13. The second kappa shape index (κ2) is 4.46. The van der Waals surface area contributed by atoms with Crippen molar-refractivity contribution in [3.05, 3.63) is 32.8 Å². The van der Waals surface area contributed by atoms with E-state index in [0.29, 0.717) is 9.18 Å². The van der Waals surface area contributed by atoms with Crippen LogP contribution in [0.2, 0.25) is 0 Å². The molecule has 0 aliphatic heterocycles. The van der Waals surface area contributed by atoms with Crippen LogP contribution in [0.5, 0.6) is 0 Å². The Morgan fingerprint density at radius 2 is 2.27 bits per heavy atom. The lowest BCUT2D eigenvalue weighted by molar-refractivity contribution is 0.0888. The summed E-state index contributed by atoms with van der Waals surface area (Å²) in [5, 5.41) is 2.45. The van der Waals surface area contributed by atoms with Crippen molar-refractivity contribution < 1.29 is 13.2 Å². The highest BCUT2D eigenvalue weighted by Gasteiger charge is 2.22. The standard InChI is InChI=1S/C8H8BrNO3S2/c1-3-15(12,13)10(2)8(11)7-4-6(9)5-14-7/h3-5H,1H2,2H3. The zero-order chi connectivity index (χ0) is 11.6. The third kappa shape index (κ3) is 2.67. The lowest BCUT2D eigenvalue weighted by Crippen LogP contribution is -2.30. The molecular formula is C8H8BrNO3S2. The first-order valence-electron chi connectivity index (χ1n) is 3.78. The van der Waals surface area contributed by atoms with Crippen LogP contribution in [0.1, 0.15) is 9.67 Å². The molecular weight excluding hydrogens is 302 g/mol. The zero-order valence-corrected chi connectivity index (χ0v) is 11.0. The molecule has 0 saturated carbocycles. The molecule has 1 aromatic rings. The van der Waals surface area contributed by atoms with Crippen molar-refractivity contribution in [2.75, 3.05) is 7.05 Å². The molecule has 0 aliphatic carbocycles. The zero-order valence-electron chi connectivity index (χ0n) is 7.81.